The highest BCUT2D eigenvalue weighted by Gasteiger charge is 2.21. The summed E-state index contributed by atoms with van der Waals surface area (Å²) in [6.07, 6.45) is 6.34. The second kappa shape index (κ2) is 9.66. The van der Waals surface area contributed by atoms with Gasteiger partial charge in [0.1, 0.15) is 0 Å². The summed E-state index contributed by atoms with van der Waals surface area (Å²) in [5.41, 5.74) is 2.78. The lowest BCUT2D eigenvalue weighted by molar-refractivity contribution is 0.0986. The van der Waals surface area contributed by atoms with E-state index in [-0.39, 0.29) is 5.91 Å². The summed E-state index contributed by atoms with van der Waals surface area (Å²) < 4.78 is 3.13. The number of nitrogens with zero attached hydrogens (tertiary/aromatic N) is 4. The second-order valence-electron chi connectivity index (χ2n) is 7.72. The average molecular weight is 451 g/mol. The van der Waals surface area contributed by atoms with Gasteiger partial charge in [-0.2, -0.15) is 0 Å². The number of fused-ring (bicyclic) bond motifs is 1. The number of rotatable bonds is 8. The minimum absolute atomic E-state index is 0.0107. The van der Waals surface area contributed by atoms with Crippen LogP contribution < -0.4 is 4.90 Å². The van der Waals surface area contributed by atoms with Crippen molar-refractivity contribution in [1.29, 1.82) is 0 Å². The molecule has 0 unspecified atom stereocenters. The number of thiazole rings is 1. The van der Waals surface area contributed by atoms with Crippen molar-refractivity contribution in [3.8, 4) is 0 Å². The van der Waals surface area contributed by atoms with E-state index in [1.165, 1.54) is 4.90 Å². The normalized spacial score (nSPS) is 11.4. The number of amides is 1. The predicted molar refractivity (Wildman–Crippen MR) is 130 cm³/mol. The van der Waals surface area contributed by atoms with E-state index in [0.29, 0.717) is 17.4 Å². The third kappa shape index (κ3) is 5.17. The molecule has 0 bridgehead atoms. The van der Waals surface area contributed by atoms with E-state index in [1.54, 1.807) is 35.6 Å². The number of carbonyl (C=O) groups is 1. The summed E-state index contributed by atoms with van der Waals surface area (Å²) in [6.45, 7) is 7.79. The number of imidazole rings is 1. The first kappa shape index (κ1) is 21.6. The van der Waals surface area contributed by atoms with Crippen LogP contribution in [0.5, 0.6) is 0 Å². The summed E-state index contributed by atoms with van der Waals surface area (Å²) in [6, 6.07) is 14.1. The van der Waals surface area contributed by atoms with Crippen LogP contribution in [0.2, 0.25) is 0 Å². The molecule has 0 spiro atoms. The number of para-hydroxylation sites is 1. The van der Waals surface area contributed by atoms with Gasteiger partial charge in [0.25, 0.3) is 5.91 Å². The summed E-state index contributed by atoms with van der Waals surface area (Å²) >= 11 is 3.37. The van der Waals surface area contributed by atoms with Crippen LogP contribution in [-0.2, 0) is 6.54 Å². The second-order valence-corrected chi connectivity index (χ2v) is 10.4. The van der Waals surface area contributed by atoms with Gasteiger partial charge in [-0.05, 0) is 49.2 Å². The zero-order valence-electron chi connectivity index (χ0n) is 18.0. The van der Waals surface area contributed by atoms with Gasteiger partial charge in [-0.15, -0.1) is 11.8 Å². The number of carbonyl (C=O) groups excluding carboxylic acids is 1. The molecule has 0 aliphatic carbocycles. The molecule has 0 radical (unpaired) electrons. The molecule has 2 aromatic heterocycles. The monoisotopic (exact) mass is 450 g/mol. The van der Waals surface area contributed by atoms with Gasteiger partial charge in [0.15, 0.2) is 5.13 Å². The highest BCUT2D eigenvalue weighted by atomic mass is 32.2. The Bertz CT molecular complexity index is 1150. The van der Waals surface area contributed by atoms with E-state index in [2.05, 4.69) is 37.9 Å². The van der Waals surface area contributed by atoms with Gasteiger partial charge in [0.2, 0.25) is 0 Å². The van der Waals surface area contributed by atoms with E-state index in [4.69, 9.17) is 4.98 Å². The fourth-order valence-electron chi connectivity index (χ4n) is 3.41. The summed E-state index contributed by atoms with van der Waals surface area (Å²) in [5, 5.41) is 1.26. The highest BCUT2D eigenvalue weighted by Crippen LogP contribution is 2.32. The number of hydrogen-bond acceptors (Lipinski definition) is 5. The molecule has 0 fully saturated rings. The molecule has 0 atom stereocenters. The molecule has 2 aromatic carbocycles. The highest BCUT2D eigenvalue weighted by molar-refractivity contribution is 7.99. The molecule has 5 nitrogen and oxygen atoms in total. The van der Waals surface area contributed by atoms with Gasteiger partial charge in [0.05, 0.1) is 16.5 Å². The summed E-state index contributed by atoms with van der Waals surface area (Å²) in [5.74, 6) is -0.0107. The summed E-state index contributed by atoms with van der Waals surface area (Å²) in [4.78, 5) is 25.4. The van der Waals surface area contributed by atoms with Crippen LogP contribution in [-0.4, -0.2) is 32.2 Å². The first-order valence-electron chi connectivity index (χ1n) is 10.4. The Morgan fingerprint density at radius 2 is 2.00 bits per heavy atom. The quantitative estimate of drug-likeness (QED) is 0.307. The van der Waals surface area contributed by atoms with Crippen molar-refractivity contribution in [2.75, 3.05) is 11.4 Å². The number of hydrogen-bond donors (Lipinski definition) is 0. The maximum Gasteiger partial charge on any atom is 0.260 e. The lowest BCUT2D eigenvalue weighted by atomic mass is 10.2. The Labute approximate surface area is 191 Å². The first-order chi connectivity index (χ1) is 15.0. The van der Waals surface area contributed by atoms with Gasteiger partial charge in [0, 0.05) is 41.2 Å². The van der Waals surface area contributed by atoms with Crippen LogP contribution in [0.1, 0.15) is 36.2 Å². The standard InChI is InChI=1S/C24H26N4OS2/c1-17(2)30-20-10-8-19(9-11-20)23(29)28(14-5-13-27-15-12-25-16-27)24-26-22-18(3)6-4-7-21(22)31-24/h4,6-12,15-17H,5,13-14H2,1-3H3. The number of aryl methyl sites for hydroxylation is 2. The fraction of sp³-hybridized carbons (Fsp3) is 0.292. The smallest absolute Gasteiger partial charge is 0.260 e. The minimum atomic E-state index is -0.0107. The molecule has 0 aliphatic rings. The topological polar surface area (TPSA) is 51.0 Å². The molecule has 2 heterocycles. The van der Waals surface area contributed by atoms with Crippen molar-refractivity contribution >= 4 is 44.4 Å². The van der Waals surface area contributed by atoms with Crippen molar-refractivity contribution in [3.05, 3.63) is 72.3 Å². The SMILES string of the molecule is Cc1cccc2sc(N(CCCn3ccnc3)C(=O)c3ccc(SC(C)C)cc3)nc12. The molecular formula is C24H26N4OS2. The van der Waals surface area contributed by atoms with Crippen molar-refractivity contribution in [2.45, 2.75) is 43.9 Å². The van der Waals surface area contributed by atoms with Gasteiger partial charge in [-0.25, -0.2) is 9.97 Å². The number of benzene rings is 2. The fourth-order valence-corrected chi connectivity index (χ4v) is 5.31. The molecule has 1 amide bonds. The Kier molecular flexibility index (Phi) is 6.73. The van der Waals surface area contributed by atoms with E-state index in [0.717, 1.165) is 33.9 Å². The van der Waals surface area contributed by atoms with E-state index in [1.807, 2.05) is 46.0 Å². The third-order valence-electron chi connectivity index (χ3n) is 4.92. The van der Waals surface area contributed by atoms with Crippen LogP contribution in [0.3, 0.4) is 0 Å². The van der Waals surface area contributed by atoms with Crippen molar-refractivity contribution in [3.63, 3.8) is 0 Å². The molecular weight excluding hydrogens is 424 g/mol. The van der Waals surface area contributed by atoms with Crippen molar-refractivity contribution < 1.29 is 4.79 Å². The lowest BCUT2D eigenvalue weighted by Gasteiger charge is -2.20. The van der Waals surface area contributed by atoms with Crippen LogP contribution in [0.25, 0.3) is 10.2 Å². The van der Waals surface area contributed by atoms with Crippen molar-refractivity contribution in [1.82, 2.24) is 14.5 Å². The van der Waals surface area contributed by atoms with Crippen LogP contribution in [0.4, 0.5) is 5.13 Å². The van der Waals surface area contributed by atoms with Gasteiger partial charge in [-0.3, -0.25) is 9.69 Å². The Hall–Kier alpha value is -2.64. The third-order valence-corrected chi connectivity index (χ3v) is 6.98. The van der Waals surface area contributed by atoms with Crippen LogP contribution >= 0.6 is 23.1 Å². The molecule has 0 saturated heterocycles. The largest absolute Gasteiger partial charge is 0.337 e. The molecule has 0 N–H and O–H groups in total. The zero-order valence-corrected chi connectivity index (χ0v) is 19.6. The number of aromatic nitrogens is 3. The van der Waals surface area contributed by atoms with Crippen LogP contribution in [0.15, 0.2) is 66.1 Å². The first-order valence-corrected chi connectivity index (χ1v) is 12.1. The van der Waals surface area contributed by atoms with E-state index >= 15 is 0 Å². The van der Waals surface area contributed by atoms with Gasteiger partial charge >= 0.3 is 0 Å². The maximum absolute atomic E-state index is 13.5. The maximum atomic E-state index is 13.5. The zero-order chi connectivity index (χ0) is 21.8. The number of thioether (sulfide) groups is 1. The van der Waals surface area contributed by atoms with Crippen molar-refractivity contribution in [2.24, 2.45) is 0 Å². The molecule has 0 saturated carbocycles. The summed E-state index contributed by atoms with van der Waals surface area (Å²) in [7, 11) is 0. The number of anilines is 1. The molecule has 4 rings (SSSR count). The Balaban J connectivity index is 1.60. The Morgan fingerprint density at radius 1 is 1.19 bits per heavy atom. The molecule has 4 aromatic rings. The average Bonchev–Trinajstić information content (AvgIpc) is 3.41. The predicted octanol–water partition coefficient (Wildman–Crippen LogP) is 6.04. The minimum Gasteiger partial charge on any atom is -0.337 e. The van der Waals surface area contributed by atoms with Crippen LogP contribution in [0, 0.1) is 6.92 Å². The molecule has 160 valence electrons. The van der Waals surface area contributed by atoms with Gasteiger partial charge < -0.3 is 4.57 Å². The molecule has 0 aliphatic heterocycles. The molecule has 7 heteroatoms. The Morgan fingerprint density at radius 3 is 2.68 bits per heavy atom. The molecule has 31 heavy (non-hydrogen) atoms. The van der Waals surface area contributed by atoms with E-state index < -0.39 is 0 Å². The lowest BCUT2D eigenvalue weighted by Crippen LogP contribution is -2.32. The van der Waals surface area contributed by atoms with Gasteiger partial charge in [-0.1, -0.05) is 37.3 Å². The van der Waals surface area contributed by atoms with E-state index in [9.17, 15) is 4.79 Å².